The fraction of sp³-hybridized carbons (Fsp3) is 0.467. The summed E-state index contributed by atoms with van der Waals surface area (Å²) in [6.45, 7) is 0.505. The van der Waals surface area contributed by atoms with Crippen molar-refractivity contribution in [1.82, 2.24) is 9.80 Å². The Morgan fingerprint density at radius 1 is 1.43 bits per heavy atom. The van der Waals surface area contributed by atoms with Gasteiger partial charge in [0.2, 0.25) is 5.91 Å². The number of anilines is 1. The van der Waals surface area contributed by atoms with E-state index >= 15 is 0 Å². The molecule has 8 heteroatoms. The number of nitrogens with zero attached hydrogens (tertiary/aromatic N) is 2. The minimum absolute atomic E-state index is 0.0141. The smallest absolute Gasteiger partial charge is 0.374 e. The molecule has 0 radical (unpaired) electrons. The monoisotopic (exact) mass is 329 g/mol. The lowest BCUT2D eigenvalue weighted by Crippen LogP contribution is -2.37. The standard InChI is InChI=1S/C15H18F3N3O2/c1-20-7-6-12(13(20)22)19-11-5-3-4-10(8-11)9-21(2)14(23)15(16,17)18/h3-5,8,12,19H,6-7,9H2,1-2H3/t12-/m0/s1. The van der Waals surface area contributed by atoms with Gasteiger partial charge in [-0.1, -0.05) is 12.1 Å². The predicted octanol–water partition coefficient (Wildman–Crippen LogP) is 1.85. The summed E-state index contributed by atoms with van der Waals surface area (Å²) in [6.07, 6.45) is -4.21. The predicted molar refractivity (Wildman–Crippen MR) is 78.6 cm³/mol. The Labute approximate surface area is 132 Å². The maximum atomic E-state index is 12.4. The van der Waals surface area contributed by atoms with Gasteiger partial charge in [0.15, 0.2) is 0 Å². The molecule has 1 aromatic carbocycles. The van der Waals surface area contributed by atoms with Crippen LogP contribution in [0.25, 0.3) is 0 Å². The van der Waals surface area contributed by atoms with Crippen molar-refractivity contribution >= 4 is 17.5 Å². The number of hydrogen-bond donors (Lipinski definition) is 1. The Hall–Kier alpha value is -2.25. The molecule has 23 heavy (non-hydrogen) atoms. The first kappa shape index (κ1) is 17.1. The van der Waals surface area contributed by atoms with E-state index in [1.165, 1.54) is 0 Å². The molecule has 1 atom stereocenters. The number of nitrogens with one attached hydrogen (secondary N) is 1. The number of likely N-dealkylation sites (N-methyl/N-ethyl adjacent to an activating group) is 1. The van der Waals surface area contributed by atoms with E-state index in [-0.39, 0.29) is 18.5 Å². The SMILES string of the molecule is CN1CC[C@H](Nc2cccc(CN(C)C(=O)C(F)(F)F)c2)C1=O. The van der Waals surface area contributed by atoms with E-state index in [4.69, 9.17) is 0 Å². The zero-order valence-electron chi connectivity index (χ0n) is 12.9. The van der Waals surface area contributed by atoms with Crippen LogP contribution in [0.2, 0.25) is 0 Å². The van der Waals surface area contributed by atoms with Gasteiger partial charge < -0.3 is 15.1 Å². The average Bonchev–Trinajstić information content (AvgIpc) is 2.78. The van der Waals surface area contributed by atoms with Crippen LogP contribution >= 0.6 is 0 Å². The van der Waals surface area contributed by atoms with Crippen LogP contribution in [-0.2, 0) is 16.1 Å². The largest absolute Gasteiger partial charge is 0.471 e. The third-order valence-electron chi connectivity index (χ3n) is 3.70. The second-order valence-corrected chi connectivity index (χ2v) is 5.60. The summed E-state index contributed by atoms with van der Waals surface area (Å²) >= 11 is 0. The molecule has 1 fully saturated rings. The first-order valence-electron chi connectivity index (χ1n) is 7.11. The summed E-state index contributed by atoms with van der Waals surface area (Å²) in [6, 6.07) is 6.36. The fourth-order valence-electron chi connectivity index (χ4n) is 2.48. The zero-order valence-corrected chi connectivity index (χ0v) is 12.9. The first-order valence-corrected chi connectivity index (χ1v) is 7.11. The molecule has 5 nitrogen and oxygen atoms in total. The molecule has 1 aliphatic rings. The van der Waals surface area contributed by atoms with Crippen molar-refractivity contribution in [2.75, 3.05) is 26.0 Å². The summed E-state index contributed by atoms with van der Waals surface area (Å²) in [5.74, 6) is -1.90. The molecular formula is C15H18F3N3O2. The van der Waals surface area contributed by atoms with Crippen LogP contribution in [0, 0.1) is 0 Å². The molecular weight excluding hydrogens is 311 g/mol. The summed E-state index contributed by atoms with van der Waals surface area (Å²) < 4.78 is 37.2. The van der Waals surface area contributed by atoms with Crippen molar-refractivity contribution in [2.24, 2.45) is 0 Å². The molecule has 2 amide bonds. The molecule has 1 aliphatic heterocycles. The number of halogens is 3. The van der Waals surface area contributed by atoms with Gasteiger partial charge in [0.25, 0.3) is 0 Å². The quantitative estimate of drug-likeness (QED) is 0.917. The molecule has 0 spiro atoms. The molecule has 1 aromatic rings. The maximum absolute atomic E-state index is 12.4. The van der Waals surface area contributed by atoms with Gasteiger partial charge >= 0.3 is 12.1 Å². The van der Waals surface area contributed by atoms with E-state index in [0.717, 1.165) is 7.05 Å². The van der Waals surface area contributed by atoms with Crippen LogP contribution in [0.4, 0.5) is 18.9 Å². The van der Waals surface area contributed by atoms with Crippen molar-refractivity contribution in [2.45, 2.75) is 25.2 Å². The van der Waals surface area contributed by atoms with E-state index in [9.17, 15) is 22.8 Å². The third kappa shape index (κ3) is 4.14. The van der Waals surface area contributed by atoms with Crippen LogP contribution < -0.4 is 5.32 Å². The van der Waals surface area contributed by atoms with Gasteiger partial charge in [0, 0.05) is 32.9 Å². The van der Waals surface area contributed by atoms with Gasteiger partial charge in [-0.05, 0) is 24.1 Å². The normalized spacial score (nSPS) is 18.2. The van der Waals surface area contributed by atoms with Crippen molar-refractivity contribution in [3.05, 3.63) is 29.8 Å². The van der Waals surface area contributed by atoms with Gasteiger partial charge in [0.1, 0.15) is 6.04 Å². The summed E-state index contributed by atoms with van der Waals surface area (Å²) in [7, 11) is 2.82. The average molecular weight is 329 g/mol. The highest BCUT2D eigenvalue weighted by Crippen LogP contribution is 2.21. The molecule has 0 bridgehead atoms. The number of carbonyl (C=O) groups excluding carboxylic acids is 2. The van der Waals surface area contributed by atoms with Crippen LogP contribution in [0.5, 0.6) is 0 Å². The van der Waals surface area contributed by atoms with E-state index in [2.05, 4.69) is 5.32 Å². The number of hydrogen-bond acceptors (Lipinski definition) is 3. The Balaban J connectivity index is 2.03. The fourth-order valence-corrected chi connectivity index (χ4v) is 2.48. The first-order chi connectivity index (χ1) is 10.7. The third-order valence-corrected chi connectivity index (χ3v) is 3.70. The topological polar surface area (TPSA) is 52.6 Å². The minimum atomic E-state index is -4.88. The highest BCUT2D eigenvalue weighted by atomic mass is 19.4. The Kier molecular flexibility index (Phi) is 4.82. The van der Waals surface area contributed by atoms with Gasteiger partial charge in [-0.2, -0.15) is 13.2 Å². The summed E-state index contributed by atoms with van der Waals surface area (Å²) in [5.41, 5.74) is 1.19. The Morgan fingerprint density at radius 2 is 2.13 bits per heavy atom. The number of amides is 2. The molecule has 0 unspecified atom stereocenters. The second-order valence-electron chi connectivity index (χ2n) is 5.60. The molecule has 0 aromatic heterocycles. The molecule has 0 aliphatic carbocycles. The van der Waals surface area contributed by atoms with Crippen LogP contribution in [0.1, 0.15) is 12.0 Å². The van der Waals surface area contributed by atoms with E-state index in [0.29, 0.717) is 29.1 Å². The lowest BCUT2D eigenvalue weighted by Gasteiger charge is -2.19. The van der Waals surface area contributed by atoms with Gasteiger partial charge in [-0.3, -0.25) is 9.59 Å². The number of likely N-dealkylation sites (tertiary alicyclic amines) is 1. The number of benzene rings is 1. The van der Waals surface area contributed by atoms with Crippen molar-refractivity contribution in [1.29, 1.82) is 0 Å². The Morgan fingerprint density at radius 3 is 2.70 bits per heavy atom. The van der Waals surface area contributed by atoms with Crippen molar-refractivity contribution in [3.8, 4) is 0 Å². The number of alkyl halides is 3. The highest BCUT2D eigenvalue weighted by Gasteiger charge is 2.41. The van der Waals surface area contributed by atoms with Crippen LogP contribution in [-0.4, -0.2) is 54.5 Å². The van der Waals surface area contributed by atoms with Gasteiger partial charge in [0.05, 0.1) is 0 Å². The lowest BCUT2D eigenvalue weighted by atomic mass is 10.1. The van der Waals surface area contributed by atoms with Gasteiger partial charge in [-0.25, -0.2) is 0 Å². The van der Waals surface area contributed by atoms with E-state index in [1.807, 2.05) is 0 Å². The molecule has 0 saturated carbocycles. The van der Waals surface area contributed by atoms with E-state index in [1.54, 1.807) is 36.2 Å². The number of carbonyl (C=O) groups is 2. The van der Waals surface area contributed by atoms with Crippen molar-refractivity contribution in [3.63, 3.8) is 0 Å². The summed E-state index contributed by atoms with van der Waals surface area (Å²) in [4.78, 5) is 25.2. The van der Waals surface area contributed by atoms with Crippen molar-refractivity contribution < 1.29 is 22.8 Å². The minimum Gasteiger partial charge on any atom is -0.374 e. The zero-order chi connectivity index (χ0) is 17.2. The molecule has 1 heterocycles. The van der Waals surface area contributed by atoms with E-state index < -0.39 is 12.1 Å². The number of rotatable bonds is 4. The molecule has 126 valence electrons. The lowest BCUT2D eigenvalue weighted by molar-refractivity contribution is -0.184. The highest BCUT2D eigenvalue weighted by molar-refractivity contribution is 5.86. The van der Waals surface area contributed by atoms with Gasteiger partial charge in [-0.15, -0.1) is 0 Å². The second kappa shape index (κ2) is 6.47. The summed E-state index contributed by atoms with van der Waals surface area (Å²) in [5, 5.41) is 3.08. The maximum Gasteiger partial charge on any atom is 0.471 e. The molecule has 2 rings (SSSR count). The molecule has 1 N–H and O–H groups in total. The van der Waals surface area contributed by atoms with Crippen LogP contribution in [0.15, 0.2) is 24.3 Å². The van der Waals surface area contributed by atoms with Crippen LogP contribution in [0.3, 0.4) is 0 Å². The Bertz CT molecular complexity index is 604. The molecule has 1 saturated heterocycles.